The number of hydrogen-bond acceptors (Lipinski definition) is 4. The highest BCUT2D eigenvalue weighted by Crippen LogP contribution is 2.27. The lowest BCUT2D eigenvalue weighted by Gasteiger charge is -2.13. The van der Waals surface area contributed by atoms with Crippen LogP contribution >= 0.6 is 11.6 Å². The van der Waals surface area contributed by atoms with E-state index in [-0.39, 0.29) is 24.9 Å². The molecule has 0 saturated carbocycles. The first-order valence-corrected chi connectivity index (χ1v) is 10.3. The quantitative estimate of drug-likeness (QED) is 0.371. The molecule has 1 unspecified atom stereocenters. The number of aryl methyl sites for hydroxylation is 1. The highest BCUT2D eigenvalue weighted by molar-refractivity contribution is 6.34. The number of carbonyl (C=O) groups excluding carboxylic acids is 2. The molecule has 3 rings (SSSR count). The normalized spacial score (nSPS) is 11.8. The van der Waals surface area contributed by atoms with E-state index >= 15 is 0 Å². The van der Waals surface area contributed by atoms with Crippen LogP contribution in [0, 0.1) is 6.92 Å². The molecular formula is C24H25ClN2O3. The molecule has 0 aliphatic heterocycles. The van der Waals surface area contributed by atoms with Crippen molar-refractivity contribution >= 4 is 23.8 Å². The number of rotatable bonds is 9. The molecule has 2 aromatic carbocycles. The molecule has 0 spiro atoms. The van der Waals surface area contributed by atoms with E-state index in [0.717, 1.165) is 17.6 Å². The fraction of sp³-hybridized carbons (Fsp3) is 0.250. The average Bonchev–Trinajstić information content (AvgIpc) is 3.22. The summed E-state index contributed by atoms with van der Waals surface area (Å²) in [5.41, 5.74) is 3.57. The second kappa shape index (κ2) is 10.2. The van der Waals surface area contributed by atoms with Gasteiger partial charge >= 0.3 is 0 Å². The maximum absolute atomic E-state index is 12.3. The van der Waals surface area contributed by atoms with Gasteiger partial charge in [-0.3, -0.25) is 4.79 Å². The minimum Gasteiger partial charge on any atom is -0.460 e. The summed E-state index contributed by atoms with van der Waals surface area (Å²) in [4.78, 5) is 22.7. The summed E-state index contributed by atoms with van der Waals surface area (Å²) in [6.07, 6.45) is 1.02. The fourth-order valence-corrected chi connectivity index (χ4v) is 3.25. The van der Waals surface area contributed by atoms with E-state index in [0.29, 0.717) is 22.9 Å². The Hall–Kier alpha value is -2.89. The van der Waals surface area contributed by atoms with Gasteiger partial charge in [-0.1, -0.05) is 41.4 Å². The van der Waals surface area contributed by atoms with E-state index in [2.05, 4.69) is 48.7 Å². The molecule has 1 atom stereocenters. The van der Waals surface area contributed by atoms with Crippen molar-refractivity contribution in [3.05, 3.63) is 82.1 Å². The van der Waals surface area contributed by atoms with Crippen molar-refractivity contribution in [2.24, 2.45) is 0 Å². The van der Waals surface area contributed by atoms with Crippen LogP contribution in [0.15, 0.2) is 59.0 Å². The molecule has 0 aliphatic rings. The fourth-order valence-electron chi connectivity index (χ4n) is 3.05. The second-order valence-corrected chi connectivity index (χ2v) is 7.59. The number of furan rings is 1. The van der Waals surface area contributed by atoms with E-state index in [1.54, 1.807) is 12.1 Å². The molecular weight excluding hydrogens is 400 g/mol. The van der Waals surface area contributed by atoms with Gasteiger partial charge in [-0.05, 0) is 49.7 Å². The van der Waals surface area contributed by atoms with Crippen LogP contribution in [0.1, 0.15) is 46.6 Å². The summed E-state index contributed by atoms with van der Waals surface area (Å²) in [7, 11) is 0. The minimum absolute atomic E-state index is 0.191. The Kier molecular flexibility index (Phi) is 7.44. The van der Waals surface area contributed by atoms with Crippen molar-refractivity contribution in [1.82, 2.24) is 10.6 Å². The molecule has 0 fully saturated rings. The molecule has 0 saturated heterocycles. The predicted molar refractivity (Wildman–Crippen MR) is 119 cm³/mol. The van der Waals surface area contributed by atoms with Crippen LogP contribution < -0.4 is 10.6 Å². The second-order valence-electron chi connectivity index (χ2n) is 7.19. The van der Waals surface area contributed by atoms with Crippen molar-refractivity contribution in [2.45, 2.75) is 32.9 Å². The topological polar surface area (TPSA) is 71.3 Å². The van der Waals surface area contributed by atoms with Crippen molar-refractivity contribution in [2.75, 3.05) is 6.54 Å². The molecule has 156 valence electrons. The number of carbonyl (C=O) groups is 2. The minimum atomic E-state index is -0.316. The lowest BCUT2D eigenvalue weighted by Crippen LogP contribution is -2.24. The number of benzene rings is 2. The lowest BCUT2D eigenvalue weighted by molar-refractivity contribution is -0.107. The maximum atomic E-state index is 12.3. The van der Waals surface area contributed by atoms with Crippen LogP contribution in [-0.4, -0.2) is 18.7 Å². The van der Waals surface area contributed by atoms with E-state index in [9.17, 15) is 9.59 Å². The molecule has 1 heterocycles. The van der Waals surface area contributed by atoms with Gasteiger partial charge in [0.25, 0.3) is 5.91 Å². The third-order valence-corrected chi connectivity index (χ3v) is 5.19. The Bertz CT molecular complexity index is 1010. The third-order valence-electron chi connectivity index (χ3n) is 4.86. The smallest absolute Gasteiger partial charge is 0.252 e. The van der Waals surface area contributed by atoms with Gasteiger partial charge in [0.05, 0.1) is 17.1 Å². The van der Waals surface area contributed by atoms with Crippen LogP contribution in [0.3, 0.4) is 0 Å². The monoisotopic (exact) mass is 424 g/mol. The number of amides is 1. The molecule has 0 aliphatic carbocycles. The first-order valence-electron chi connectivity index (χ1n) is 9.88. The zero-order valence-corrected chi connectivity index (χ0v) is 17.8. The van der Waals surface area contributed by atoms with Gasteiger partial charge in [0.2, 0.25) is 0 Å². The summed E-state index contributed by atoms with van der Waals surface area (Å²) in [5.74, 6) is 1.15. The number of hydrogen-bond donors (Lipinski definition) is 2. The highest BCUT2D eigenvalue weighted by atomic mass is 35.5. The predicted octanol–water partition coefficient (Wildman–Crippen LogP) is 5.08. The van der Waals surface area contributed by atoms with Crippen LogP contribution in [0.2, 0.25) is 5.02 Å². The van der Waals surface area contributed by atoms with Crippen molar-refractivity contribution in [3.8, 4) is 11.3 Å². The summed E-state index contributed by atoms with van der Waals surface area (Å²) < 4.78 is 5.96. The van der Waals surface area contributed by atoms with Crippen LogP contribution in [0.25, 0.3) is 11.3 Å². The number of halogens is 1. The Labute approximate surface area is 181 Å². The maximum Gasteiger partial charge on any atom is 0.252 e. The van der Waals surface area contributed by atoms with E-state index in [1.165, 1.54) is 11.1 Å². The zero-order chi connectivity index (χ0) is 21.5. The number of nitrogens with one attached hydrogen (secondary N) is 2. The standard InChI is InChI=1S/C24H25ClN2O3/c1-16-4-6-18(7-5-16)17(2)27-15-20-9-11-23(30-20)19-8-10-22(25)21(14-19)24(29)26-12-3-13-28/h4-11,13-14,17,27H,3,12,15H2,1-2H3,(H,26,29). The van der Waals surface area contributed by atoms with Gasteiger partial charge in [0.15, 0.2) is 0 Å². The molecule has 5 nitrogen and oxygen atoms in total. The first-order chi connectivity index (χ1) is 14.5. The van der Waals surface area contributed by atoms with Crippen LogP contribution in [-0.2, 0) is 11.3 Å². The summed E-state index contributed by atoms with van der Waals surface area (Å²) in [5, 5.41) is 6.49. The summed E-state index contributed by atoms with van der Waals surface area (Å²) in [6, 6.07) is 17.6. The van der Waals surface area contributed by atoms with Gasteiger partial charge < -0.3 is 19.8 Å². The Balaban J connectivity index is 1.66. The highest BCUT2D eigenvalue weighted by Gasteiger charge is 2.14. The largest absolute Gasteiger partial charge is 0.460 e. The Morgan fingerprint density at radius 1 is 1.13 bits per heavy atom. The van der Waals surface area contributed by atoms with Crippen molar-refractivity contribution < 1.29 is 14.0 Å². The molecule has 2 N–H and O–H groups in total. The molecule has 0 bridgehead atoms. The zero-order valence-electron chi connectivity index (χ0n) is 17.1. The first kappa shape index (κ1) is 21.8. The molecule has 0 radical (unpaired) electrons. The van der Waals surface area contributed by atoms with Gasteiger partial charge in [-0.15, -0.1) is 0 Å². The molecule has 30 heavy (non-hydrogen) atoms. The van der Waals surface area contributed by atoms with E-state index in [1.807, 2.05) is 18.2 Å². The van der Waals surface area contributed by atoms with Crippen LogP contribution in [0.5, 0.6) is 0 Å². The van der Waals surface area contributed by atoms with E-state index in [4.69, 9.17) is 16.0 Å². The summed E-state index contributed by atoms with van der Waals surface area (Å²) >= 11 is 6.18. The Morgan fingerprint density at radius 2 is 1.90 bits per heavy atom. The molecule has 3 aromatic rings. The SMILES string of the molecule is Cc1ccc(C(C)NCc2ccc(-c3ccc(Cl)c(C(=O)NCCC=O)c3)o2)cc1. The van der Waals surface area contributed by atoms with E-state index < -0.39 is 0 Å². The van der Waals surface area contributed by atoms with Crippen molar-refractivity contribution in [1.29, 1.82) is 0 Å². The lowest BCUT2D eigenvalue weighted by atomic mass is 10.1. The molecule has 1 amide bonds. The van der Waals surface area contributed by atoms with Gasteiger partial charge in [0, 0.05) is 24.6 Å². The van der Waals surface area contributed by atoms with Gasteiger partial charge in [-0.2, -0.15) is 0 Å². The van der Waals surface area contributed by atoms with Crippen molar-refractivity contribution in [3.63, 3.8) is 0 Å². The molecule has 1 aromatic heterocycles. The van der Waals surface area contributed by atoms with Crippen LogP contribution in [0.4, 0.5) is 0 Å². The summed E-state index contributed by atoms with van der Waals surface area (Å²) in [6.45, 7) is 5.05. The number of aldehydes is 1. The third kappa shape index (κ3) is 5.59. The molecule has 6 heteroatoms. The van der Waals surface area contributed by atoms with Gasteiger partial charge in [0.1, 0.15) is 17.8 Å². The Morgan fingerprint density at radius 3 is 2.63 bits per heavy atom. The average molecular weight is 425 g/mol. The van der Waals surface area contributed by atoms with Gasteiger partial charge in [-0.25, -0.2) is 0 Å².